The Bertz CT molecular complexity index is 256. The summed E-state index contributed by atoms with van der Waals surface area (Å²) in [5, 5.41) is 8.47. The van der Waals surface area contributed by atoms with E-state index < -0.39 is 0 Å². The van der Waals surface area contributed by atoms with Crippen molar-refractivity contribution in [3.05, 3.63) is 29.6 Å². The lowest BCUT2D eigenvalue weighted by molar-refractivity contribution is 0.882. The highest BCUT2D eigenvalue weighted by molar-refractivity contribution is 5.26. The average Bonchev–Trinajstić information content (AvgIpc) is 2.07. The van der Waals surface area contributed by atoms with Gasteiger partial charge in [-0.3, -0.25) is 4.98 Å². The molecule has 0 aromatic carbocycles. The summed E-state index contributed by atoms with van der Waals surface area (Å²) < 4.78 is 0. The Labute approximate surface area is 66.5 Å². The maximum Gasteiger partial charge on any atom is 0.101 e. The van der Waals surface area contributed by atoms with Crippen molar-refractivity contribution in [1.82, 2.24) is 4.98 Å². The van der Waals surface area contributed by atoms with Gasteiger partial charge in [0.2, 0.25) is 0 Å². The minimum absolute atomic E-state index is 0.629. The summed E-state index contributed by atoms with van der Waals surface area (Å²) in [6, 6.07) is 5.74. The minimum Gasteiger partial charge on any atom is -0.260 e. The third-order valence-corrected chi connectivity index (χ3v) is 1.46. The molecule has 0 fully saturated rings. The lowest BCUT2D eigenvalue weighted by Crippen LogP contribution is -1.88. The molecule has 0 saturated carbocycles. The largest absolute Gasteiger partial charge is 0.260 e. The van der Waals surface area contributed by atoms with E-state index in [2.05, 4.69) is 11.9 Å². The van der Waals surface area contributed by atoms with E-state index in [4.69, 9.17) is 5.26 Å². The van der Waals surface area contributed by atoms with Gasteiger partial charge in [-0.15, -0.1) is 0 Å². The normalized spacial score (nSPS) is 9.09. The van der Waals surface area contributed by atoms with E-state index in [-0.39, 0.29) is 0 Å². The summed E-state index contributed by atoms with van der Waals surface area (Å²) in [4.78, 5) is 4.12. The smallest absolute Gasteiger partial charge is 0.101 e. The fourth-order valence-corrected chi connectivity index (χ4v) is 0.895. The van der Waals surface area contributed by atoms with Gasteiger partial charge in [-0.05, 0) is 18.6 Å². The van der Waals surface area contributed by atoms with Gasteiger partial charge in [0, 0.05) is 11.9 Å². The van der Waals surface area contributed by atoms with Gasteiger partial charge in [0.15, 0.2) is 0 Å². The maximum absolute atomic E-state index is 8.47. The maximum atomic E-state index is 8.47. The van der Waals surface area contributed by atoms with Gasteiger partial charge in [0.25, 0.3) is 0 Å². The second kappa shape index (κ2) is 3.72. The van der Waals surface area contributed by atoms with Crippen molar-refractivity contribution in [3.63, 3.8) is 0 Å². The van der Waals surface area contributed by atoms with Gasteiger partial charge in [-0.2, -0.15) is 5.26 Å². The molecule has 0 unspecified atom stereocenters. The van der Waals surface area contributed by atoms with Crippen LogP contribution in [0.4, 0.5) is 0 Å². The van der Waals surface area contributed by atoms with Crippen molar-refractivity contribution in [2.45, 2.75) is 19.8 Å². The zero-order chi connectivity index (χ0) is 8.10. The molecule has 0 radical (unpaired) electrons. The van der Waals surface area contributed by atoms with Crippen molar-refractivity contribution in [2.24, 2.45) is 0 Å². The molecule has 0 atom stereocenters. The number of hydrogen-bond donors (Lipinski definition) is 0. The fourth-order valence-electron chi connectivity index (χ4n) is 0.895. The van der Waals surface area contributed by atoms with Crippen LogP contribution in [0.3, 0.4) is 0 Å². The second-order valence-electron chi connectivity index (χ2n) is 2.40. The molecule has 1 rings (SSSR count). The van der Waals surface area contributed by atoms with Crippen LogP contribution in [-0.2, 0) is 6.42 Å². The number of aryl methyl sites for hydroxylation is 1. The third-order valence-electron chi connectivity index (χ3n) is 1.46. The molecule has 0 spiro atoms. The van der Waals surface area contributed by atoms with Crippen LogP contribution in [0.2, 0.25) is 0 Å². The Balaban J connectivity index is 2.76. The highest BCUT2D eigenvalue weighted by atomic mass is 14.7. The topological polar surface area (TPSA) is 36.7 Å². The number of aromatic nitrogens is 1. The first kappa shape index (κ1) is 7.74. The summed E-state index contributed by atoms with van der Waals surface area (Å²) in [6.07, 6.45) is 3.70. The summed E-state index contributed by atoms with van der Waals surface area (Å²) in [5.74, 6) is 0. The van der Waals surface area contributed by atoms with E-state index >= 15 is 0 Å². The van der Waals surface area contributed by atoms with Crippen LogP contribution in [0.5, 0.6) is 0 Å². The van der Waals surface area contributed by atoms with Crippen LogP contribution >= 0.6 is 0 Å². The fraction of sp³-hybridized carbons (Fsp3) is 0.333. The first-order valence-electron chi connectivity index (χ1n) is 3.72. The molecule has 0 amide bonds. The predicted octanol–water partition coefficient (Wildman–Crippen LogP) is 1.91. The minimum atomic E-state index is 0.629. The standard InChI is InChI=1S/C9H10N2/c1-2-3-9-5-4-8(6-10)7-11-9/h4-5,7H,2-3H2,1H3. The molecule has 2 nitrogen and oxygen atoms in total. The molecule has 1 heterocycles. The lowest BCUT2D eigenvalue weighted by atomic mass is 10.2. The quantitative estimate of drug-likeness (QED) is 0.639. The van der Waals surface area contributed by atoms with Gasteiger partial charge in [0.1, 0.15) is 6.07 Å². The molecule has 56 valence electrons. The van der Waals surface area contributed by atoms with Crippen LogP contribution in [0.1, 0.15) is 24.6 Å². The first-order chi connectivity index (χ1) is 5.36. The molecule has 0 saturated heterocycles. The van der Waals surface area contributed by atoms with Gasteiger partial charge in [0.05, 0.1) is 5.56 Å². The summed E-state index contributed by atoms with van der Waals surface area (Å²) in [7, 11) is 0. The Morgan fingerprint density at radius 2 is 2.36 bits per heavy atom. The van der Waals surface area contributed by atoms with Crippen molar-refractivity contribution >= 4 is 0 Å². The Hall–Kier alpha value is -1.36. The molecule has 0 N–H and O–H groups in total. The SMILES string of the molecule is CCCc1ccc(C#N)cn1. The molecule has 1 aromatic heterocycles. The van der Waals surface area contributed by atoms with E-state index in [9.17, 15) is 0 Å². The molecular formula is C9H10N2. The summed E-state index contributed by atoms with van der Waals surface area (Å²) in [5.41, 5.74) is 1.69. The van der Waals surface area contributed by atoms with Crippen molar-refractivity contribution in [2.75, 3.05) is 0 Å². The molecule has 0 aliphatic heterocycles. The second-order valence-corrected chi connectivity index (χ2v) is 2.40. The average molecular weight is 146 g/mol. The summed E-state index contributed by atoms with van der Waals surface area (Å²) >= 11 is 0. The number of nitriles is 1. The Kier molecular flexibility index (Phi) is 2.62. The van der Waals surface area contributed by atoms with E-state index in [1.807, 2.05) is 12.1 Å². The van der Waals surface area contributed by atoms with E-state index in [1.54, 1.807) is 12.3 Å². The molecular weight excluding hydrogens is 136 g/mol. The molecule has 11 heavy (non-hydrogen) atoms. The monoisotopic (exact) mass is 146 g/mol. The van der Waals surface area contributed by atoms with E-state index in [1.165, 1.54) is 0 Å². The van der Waals surface area contributed by atoms with Gasteiger partial charge >= 0.3 is 0 Å². The Morgan fingerprint density at radius 3 is 2.82 bits per heavy atom. The number of rotatable bonds is 2. The van der Waals surface area contributed by atoms with E-state index in [0.717, 1.165) is 18.5 Å². The molecule has 0 aliphatic carbocycles. The van der Waals surface area contributed by atoms with Crippen LogP contribution in [0.25, 0.3) is 0 Å². The van der Waals surface area contributed by atoms with Crippen LogP contribution < -0.4 is 0 Å². The highest BCUT2D eigenvalue weighted by Gasteiger charge is 1.92. The van der Waals surface area contributed by atoms with Gasteiger partial charge in [-0.1, -0.05) is 13.3 Å². The number of pyridine rings is 1. The predicted molar refractivity (Wildman–Crippen MR) is 42.9 cm³/mol. The Morgan fingerprint density at radius 1 is 1.55 bits per heavy atom. The summed E-state index contributed by atoms with van der Waals surface area (Å²) in [6.45, 7) is 2.11. The number of nitrogens with zero attached hydrogens (tertiary/aromatic N) is 2. The molecule has 1 aromatic rings. The van der Waals surface area contributed by atoms with Crippen LogP contribution in [0.15, 0.2) is 18.3 Å². The van der Waals surface area contributed by atoms with Gasteiger partial charge in [-0.25, -0.2) is 0 Å². The zero-order valence-corrected chi connectivity index (χ0v) is 6.54. The van der Waals surface area contributed by atoms with Crippen LogP contribution in [-0.4, -0.2) is 4.98 Å². The van der Waals surface area contributed by atoms with Gasteiger partial charge < -0.3 is 0 Å². The van der Waals surface area contributed by atoms with Crippen molar-refractivity contribution in [3.8, 4) is 6.07 Å². The van der Waals surface area contributed by atoms with Crippen molar-refractivity contribution < 1.29 is 0 Å². The first-order valence-corrected chi connectivity index (χ1v) is 3.72. The molecule has 2 heteroatoms. The van der Waals surface area contributed by atoms with E-state index in [0.29, 0.717) is 5.56 Å². The third kappa shape index (κ3) is 2.05. The lowest BCUT2D eigenvalue weighted by Gasteiger charge is -1.95. The molecule has 0 bridgehead atoms. The van der Waals surface area contributed by atoms with Crippen molar-refractivity contribution in [1.29, 1.82) is 5.26 Å². The zero-order valence-electron chi connectivity index (χ0n) is 6.54. The number of hydrogen-bond acceptors (Lipinski definition) is 2. The molecule has 0 aliphatic rings. The van der Waals surface area contributed by atoms with Crippen LogP contribution in [0, 0.1) is 11.3 Å². The highest BCUT2D eigenvalue weighted by Crippen LogP contribution is 2.00.